The fraction of sp³-hybridized carbons (Fsp3) is 0.333. The van der Waals surface area contributed by atoms with Gasteiger partial charge in [-0.25, -0.2) is 22.0 Å². The van der Waals surface area contributed by atoms with Crippen LogP contribution in [0.3, 0.4) is 0 Å². The summed E-state index contributed by atoms with van der Waals surface area (Å²) in [5, 5.41) is 10.1. The van der Waals surface area contributed by atoms with Crippen LogP contribution in [0.4, 0.5) is 0 Å². The highest BCUT2D eigenvalue weighted by Crippen LogP contribution is 2.25. The Labute approximate surface area is 193 Å². The normalized spacial score (nSPS) is 16.9. The van der Waals surface area contributed by atoms with Crippen LogP contribution >= 0.6 is 0 Å². The number of hydrogen-bond acceptors (Lipinski definition) is 6. The number of amides is 2. The molecular formula is C21H26N4O6S2. The lowest BCUT2D eigenvalue weighted by Crippen LogP contribution is -2.47. The van der Waals surface area contributed by atoms with E-state index in [0.717, 1.165) is 5.56 Å². The van der Waals surface area contributed by atoms with Crippen molar-refractivity contribution in [2.24, 2.45) is 5.14 Å². The molecule has 4 N–H and O–H groups in total. The van der Waals surface area contributed by atoms with E-state index in [1.165, 1.54) is 28.6 Å². The maximum atomic E-state index is 12.9. The number of primary sulfonamides is 1. The zero-order valence-corrected chi connectivity index (χ0v) is 19.4. The molecule has 0 unspecified atom stereocenters. The molecule has 1 aliphatic heterocycles. The standard InChI is InChI=1S/C21H26N4O6S2/c22-32(28,29)18-10-8-16(9-11-18)12-13-23-20(26)21(27)24-15-17-5-4-14-25(17)33(30,31)19-6-2-1-3-7-19/h1-3,6-11,17H,4-5,12-15H2,(H,23,26)(H,24,27)(H2,22,28,29)/t17-/m1/s1. The number of rotatable bonds is 8. The summed E-state index contributed by atoms with van der Waals surface area (Å²) in [5.74, 6) is -1.67. The number of nitrogens with two attached hydrogens (primary N) is 1. The lowest BCUT2D eigenvalue weighted by Gasteiger charge is -2.24. The minimum Gasteiger partial charge on any atom is -0.348 e. The molecular weight excluding hydrogens is 468 g/mol. The van der Waals surface area contributed by atoms with Gasteiger partial charge in [-0.2, -0.15) is 4.31 Å². The fourth-order valence-electron chi connectivity index (χ4n) is 3.59. The van der Waals surface area contributed by atoms with Crippen LogP contribution in [0.15, 0.2) is 64.4 Å². The quantitative estimate of drug-likeness (QED) is 0.437. The molecule has 0 radical (unpaired) electrons. The molecule has 33 heavy (non-hydrogen) atoms. The van der Waals surface area contributed by atoms with Crippen LogP contribution in [0, 0.1) is 0 Å². The van der Waals surface area contributed by atoms with Gasteiger partial charge in [-0.3, -0.25) is 9.59 Å². The molecule has 12 heteroatoms. The van der Waals surface area contributed by atoms with Gasteiger partial charge in [-0.1, -0.05) is 30.3 Å². The summed E-state index contributed by atoms with van der Waals surface area (Å²) in [4.78, 5) is 24.4. The van der Waals surface area contributed by atoms with Crippen LogP contribution in [0.25, 0.3) is 0 Å². The average Bonchev–Trinajstić information content (AvgIpc) is 3.27. The van der Waals surface area contributed by atoms with E-state index in [-0.39, 0.29) is 22.9 Å². The smallest absolute Gasteiger partial charge is 0.309 e. The van der Waals surface area contributed by atoms with E-state index in [4.69, 9.17) is 5.14 Å². The van der Waals surface area contributed by atoms with E-state index >= 15 is 0 Å². The molecule has 178 valence electrons. The fourth-order valence-corrected chi connectivity index (χ4v) is 5.82. The number of nitrogens with zero attached hydrogens (tertiary/aromatic N) is 1. The molecule has 1 aliphatic rings. The van der Waals surface area contributed by atoms with Crippen molar-refractivity contribution in [3.63, 3.8) is 0 Å². The molecule has 3 rings (SSSR count). The molecule has 0 aromatic heterocycles. The summed E-state index contributed by atoms with van der Waals surface area (Å²) in [7, 11) is -7.45. The molecule has 2 amide bonds. The van der Waals surface area contributed by atoms with Gasteiger partial charge in [0.1, 0.15) is 0 Å². The molecule has 10 nitrogen and oxygen atoms in total. The lowest BCUT2D eigenvalue weighted by atomic mass is 10.1. The predicted molar refractivity (Wildman–Crippen MR) is 121 cm³/mol. The van der Waals surface area contributed by atoms with E-state index in [1.54, 1.807) is 30.3 Å². The van der Waals surface area contributed by atoms with Crippen LogP contribution in [-0.4, -0.2) is 58.6 Å². The van der Waals surface area contributed by atoms with Crippen molar-refractivity contribution in [3.05, 3.63) is 60.2 Å². The molecule has 0 saturated carbocycles. The Morgan fingerprint density at radius 2 is 1.55 bits per heavy atom. The topological polar surface area (TPSA) is 156 Å². The minimum absolute atomic E-state index is 0.00935. The Morgan fingerprint density at radius 3 is 2.18 bits per heavy atom. The first-order chi connectivity index (χ1) is 15.6. The van der Waals surface area contributed by atoms with E-state index in [2.05, 4.69) is 10.6 Å². The van der Waals surface area contributed by atoms with Crippen LogP contribution < -0.4 is 15.8 Å². The van der Waals surface area contributed by atoms with E-state index in [9.17, 15) is 26.4 Å². The average molecular weight is 495 g/mol. The van der Waals surface area contributed by atoms with E-state index < -0.39 is 37.9 Å². The maximum absolute atomic E-state index is 12.9. The molecule has 0 bridgehead atoms. The Kier molecular flexibility index (Phi) is 7.84. The van der Waals surface area contributed by atoms with Gasteiger partial charge in [-0.05, 0) is 49.1 Å². The van der Waals surface area contributed by atoms with Crippen LogP contribution in [-0.2, 0) is 36.1 Å². The number of nitrogens with one attached hydrogen (secondary N) is 2. The Hall–Kier alpha value is -2.80. The van der Waals surface area contributed by atoms with Crippen molar-refractivity contribution < 1.29 is 26.4 Å². The van der Waals surface area contributed by atoms with Crippen molar-refractivity contribution in [1.82, 2.24) is 14.9 Å². The first kappa shape index (κ1) is 24.8. The monoisotopic (exact) mass is 494 g/mol. The molecule has 1 saturated heterocycles. The van der Waals surface area contributed by atoms with Crippen LogP contribution in [0.5, 0.6) is 0 Å². The third-order valence-electron chi connectivity index (χ3n) is 5.33. The summed E-state index contributed by atoms with van der Waals surface area (Å²) in [5.41, 5.74) is 0.760. The molecule has 1 heterocycles. The van der Waals surface area contributed by atoms with Crippen molar-refractivity contribution in [3.8, 4) is 0 Å². The Morgan fingerprint density at radius 1 is 0.909 bits per heavy atom. The first-order valence-electron chi connectivity index (χ1n) is 10.3. The number of carbonyl (C=O) groups excluding carboxylic acids is 2. The molecule has 2 aromatic carbocycles. The summed E-state index contributed by atoms with van der Waals surface area (Å²) in [6.45, 7) is 0.556. The largest absolute Gasteiger partial charge is 0.348 e. The van der Waals surface area contributed by atoms with Crippen molar-refractivity contribution in [1.29, 1.82) is 0 Å². The summed E-state index contributed by atoms with van der Waals surface area (Å²) < 4.78 is 49.6. The molecule has 0 aliphatic carbocycles. The highest BCUT2D eigenvalue weighted by atomic mass is 32.2. The van der Waals surface area contributed by atoms with Crippen LogP contribution in [0.1, 0.15) is 18.4 Å². The van der Waals surface area contributed by atoms with Crippen molar-refractivity contribution in [2.45, 2.75) is 35.1 Å². The highest BCUT2D eigenvalue weighted by molar-refractivity contribution is 7.89. The second-order valence-corrected chi connectivity index (χ2v) is 11.1. The second-order valence-electron chi connectivity index (χ2n) is 7.63. The zero-order chi connectivity index (χ0) is 24.1. The second kappa shape index (κ2) is 10.4. The minimum atomic E-state index is -3.77. The molecule has 0 spiro atoms. The number of hydrogen-bond donors (Lipinski definition) is 3. The first-order valence-corrected chi connectivity index (χ1v) is 13.3. The lowest BCUT2D eigenvalue weighted by molar-refractivity contribution is -0.139. The van der Waals surface area contributed by atoms with Gasteiger partial charge < -0.3 is 10.6 Å². The van der Waals surface area contributed by atoms with Crippen molar-refractivity contribution >= 4 is 31.9 Å². The molecule has 2 aromatic rings. The van der Waals surface area contributed by atoms with E-state index in [0.29, 0.717) is 25.8 Å². The van der Waals surface area contributed by atoms with Gasteiger partial charge in [0.15, 0.2) is 0 Å². The Bertz CT molecular complexity index is 1200. The van der Waals surface area contributed by atoms with Crippen molar-refractivity contribution in [2.75, 3.05) is 19.6 Å². The summed E-state index contributed by atoms with van der Waals surface area (Å²) in [6, 6.07) is 13.6. The molecule has 1 atom stereocenters. The van der Waals surface area contributed by atoms with Gasteiger partial charge in [0, 0.05) is 25.7 Å². The maximum Gasteiger partial charge on any atom is 0.309 e. The SMILES string of the molecule is NS(=O)(=O)c1ccc(CCNC(=O)C(=O)NC[C@H]2CCCN2S(=O)(=O)c2ccccc2)cc1. The van der Waals surface area contributed by atoms with Gasteiger partial charge in [0.25, 0.3) is 0 Å². The van der Waals surface area contributed by atoms with Gasteiger partial charge in [0.05, 0.1) is 9.79 Å². The van der Waals surface area contributed by atoms with Gasteiger partial charge in [0.2, 0.25) is 20.0 Å². The number of sulfonamides is 2. The third-order valence-corrected chi connectivity index (χ3v) is 8.22. The summed E-state index contributed by atoms with van der Waals surface area (Å²) >= 11 is 0. The van der Waals surface area contributed by atoms with E-state index in [1.807, 2.05) is 0 Å². The van der Waals surface area contributed by atoms with Crippen LogP contribution in [0.2, 0.25) is 0 Å². The third kappa shape index (κ3) is 6.38. The van der Waals surface area contributed by atoms with Gasteiger partial charge >= 0.3 is 11.8 Å². The van der Waals surface area contributed by atoms with Gasteiger partial charge in [-0.15, -0.1) is 0 Å². The molecule has 1 fully saturated rings. The Balaban J connectivity index is 1.47. The number of carbonyl (C=O) groups is 2. The highest BCUT2D eigenvalue weighted by Gasteiger charge is 2.35. The summed E-state index contributed by atoms with van der Waals surface area (Å²) in [6.07, 6.45) is 1.64. The zero-order valence-electron chi connectivity index (χ0n) is 17.8. The predicted octanol–water partition coefficient (Wildman–Crippen LogP) is -0.0378. The number of benzene rings is 2.